The van der Waals surface area contributed by atoms with Crippen LogP contribution in [0.25, 0.3) is 0 Å². The molecule has 94 valence electrons. The minimum atomic E-state index is -0.310. The van der Waals surface area contributed by atoms with Gasteiger partial charge in [-0.2, -0.15) is 0 Å². The van der Waals surface area contributed by atoms with Gasteiger partial charge in [-0.1, -0.05) is 31.8 Å². The molecule has 1 fully saturated rings. The molecule has 0 spiro atoms. The summed E-state index contributed by atoms with van der Waals surface area (Å²) in [5.41, 5.74) is -0.266. The SMILES string of the molecule is C=CCCCC(O)C1(OC)CCCCCC1. The molecule has 0 saturated heterocycles. The average Bonchev–Trinajstić information content (AvgIpc) is 2.55. The number of allylic oxidation sites excluding steroid dienone is 1. The molecule has 1 saturated carbocycles. The number of aliphatic hydroxyl groups excluding tert-OH is 1. The molecule has 1 N–H and O–H groups in total. The third kappa shape index (κ3) is 3.60. The Morgan fingerprint density at radius 3 is 2.44 bits per heavy atom. The van der Waals surface area contributed by atoms with Gasteiger partial charge >= 0.3 is 0 Å². The fraction of sp³-hybridized carbons (Fsp3) is 0.857. The Kier molecular flexibility index (Phi) is 6.07. The molecule has 1 aliphatic carbocycles. The van der Waals surface area contributed by atoms with Crippen LogP contribution >= 0.6 is 0 Å². The highest BCUT2D eigenvalue weighted by Crippen LogP contribution is 2.34. The molecule has 0 aromatic heterocycles. The first-order chi connectivity index (χ1) is 7.75. The van der Waals surface area contributed by atoms with E-state index in [1.54, 1.807) is 7.11 Å². The van der Waals surface area contributed by atoms with E-state index < -0.39 is 0 Å². The summed E-state index contributed by atoms with van der Waals surface area (Å²) in [6.07, 6.45) is 11.4. The van der Waals surface area contributed by atoms with E-state index in [2.05, 4.69) is 6.58 Å². The van der Waals surface area contributed by atoms with Gasteiger partial charge in [0.05, 0.1) is 11.7 Å². The molecular formula is C14H26O2. The monoisotopic (exact) mass is 226 g/mol. The Bertz CT molecular complexity index is 193. The Balaban J connectivity index is 2.50. The van der Waals surface area contributed by atoms with E-state index in [-0.39, 0.29) is 11.7 Å². The number of hydrogen-bond acceptors (Lipinski definition) is 2. The lowest BCUT2D eigenvalue weighted by Gasteiger charge is -2.36. The van der Waals surface area contributed by atoms with Gasteiger partial charge in [-0.05, 0) is 32.1 Å². The lowest BCUT2D eigenvalue weighted by Crippen LogP contribution is -2.43. The van der Waals surface area contributed by atoms with Crippen molar-refractivity contribution in [2.75, 3.05) is 7.11 Å². The molecule has 1 rings (SSSR count). The molecule has 0 aromatic carbocycles. The van der Waals surface area contributed by atoms with Crippen molar-refractivity contribution in [2.45, 2.75) is 69.5 Å². The largest absolute Gasteiger partial charge is 0.390 e. The lowest BCUT2D eigenvalue weighted by atomic mass is 9.85. The average molecular weight is 226 g/mol. The molecule has 0 aromatic rings. The zero-order valence-electron chi connectivity index (χ0n) is 10.6. The zero-order chi connectivity index (χ0) is 11.9. The Morgan fingerprint density at radius 1 is 1.31 bits per heavy atom. The molecule has 1 atom stereocenters. The Hall–Kier alpha value is -0.340. The van der Waals surface area contributed by atoms with Crippen LogP contribution in [-0.4, -0.2) is 23.9 Å². The maximum absolute atomic E-state index is 10.3. The predicted molar refractivity (Wildman–Crippen MR) is 67.5 cm³/mol. The summed E-state index contributed by atoms with van der Waals surface area (Å²) >= 11 is 0. The summed E-state index contributed by atoms with van der Waals surface area (Å²) in [6.45, 7) is 3.71. The summed E-state index contributed by atoms with van der Waals surface area (Å²) in [5.74, 6) is 0. The molecule has 16 heavy (non-hydrogen) atoms. The number of aliphatic hydroxyl groups is 1. The summed E-state index contributed by atoms with van der Waals surface area (Å²) in [5, 5.41) is 10.3. The second-order valence-corrected chi connectivity index (χ2v) is 4.92. The molecule has 1 aliphatic rings. The van der Waals surface area contributed by atoms with Crippen LogP contribution in [0, 0.1) is 0 Å². The van der Waals surface area contributed by atoms with Gasteiger partial charge in [-0.25, -0.2) is 0 Å². The third-order valence-corrected chi connectivity index (χ3v) is 3.85. The number of rotatable bonds is 6. The van der Waals surface area contributed by atoms with Crippen LogP contribution in [0.5, 0.6) is 0 Å². The highest BCUT2D eigenvalue weighted by atomic mass is 16.5. The van der Waals surface area contributed by atoms with Gasteiger partial charge in [0.25, 0.3) is 0 Å². The van der Waals surface area contributed by atoms with E-state index >= 15 is 0 Å². The van der Waals surface area contributed by atoms with Crippen LogP contribution in [0.1, 0.15) is 57.8 Å². The van der Waals surface area contributed by atoms with Crippen molar-refractivity contribution in [1.82, 2.24) is 0 Å². The molecule has 0 radical (unpaired) electrons. The molecule has 0 bridgehead atoms. The van der Waals surface area contributed by atoms with Crippen molar-refractivity contribution in [2.24, 2.45) is 0 Å². The zero-order valence-corrected chi connectivity index (χ0v) is 10.6. The lowest BCUT2D eigenvalue weighted by molar-refractivity contribution is -0.114. The minimum Gasteiger partial charge on any atom is -0.390 e. The van der Waals surface area contributed by atoms with Crippen molar-refractivity contribution in [3.8, 4) is 0 Å². The van der Waals surface area contributed by atoms with E-state index in [9.17, 15) is 5.11 Å². The van der Waals surface area contributed by atoms with Crippen LogP contribution in [-0.2, 0) is 4.74 Å². The van der Waals surface area contributed by atoms with Crippen LogP contribution in [0.3, 0.4) is 0 Å². The van der Waals surface area contributed by atoms with E-state index in [1.165, 1.54) is 25.7 Å². The van der Waals surface area contributed by atoms with Crippen molar-refractivity contribution in [1.29, 1.82) is 0 Å². The molecule has 0 aliphatic heterocycles. The first-order valence-corrected chi connectivity index (χ1v) is 6.59. The van der Waals surface area contributed by atoms with E-state index in [1.807, 2.05) is 6.08 Å². The molecule has 0 amide bonds. The normalized spacial score (nSPS) is 22.4. The van der Waals surface area contributed by atoms with Gasteiger partial charge in [0.15, 0.2) is 0 Å². The molecule has 0 heterocycles. The molecule has 2 nitrogen and oxygen atoms in total. The van der Waals surface area contributed by atoms with Crippen LogP contribution in [0.2, 0.25) is 0 Å². The van der Waals surface area contributed by atoms with Crippen molar-refractivity contribution in [3.05, 3.63) is 12.7 Å². The molecule has 1 unspecified atom stereocenters. The van der Waals surface area contributed by atoms with Gasteiger partial charge < -0.3 is 9.84 Å². The first kappa shape index (κ1) is 13.7. The van der Waals surface area contributed by atoms with Crippen molar-refractivity contribution >= 4 is 0 Å². The Morgan fingerprint density at radius 2 is 1.94 bits per heavy atom. The maximum atomic E-state index is 10.3. The fourth-order valence-electron chi connectivity index (χ4n) is 2.72. The minimum absolute atomic E-state index is 0.266. The second-order valence-electron chi connectivity index (χ2n) is 4.92. The highest BCUT2D eigenvalue weighted by molar-refractivity contribution is 4.90. The number of methoxy groups -OCH3 is 1. The summed E-state index contributed by atoms with van der Waals surface area (Å²) in [4.78, 5) is 0. The molecule has 2 heteroatoms. The van der Waals surface area contributed by atoms with E-state index in [0.29, 0.717) is 0 Å². The van der Waals surface area contributed by atoms with Gasteiger partial charge in [0.1, 0.15) is 0 Å². The maximum Gasteiger partial charge on any atom is 0.0936 e. The third-order valence-electron chi connectivity index (χ3n) is 3.85. The highest BCUT2D eigenvalue weighted by Gasteiger charge is 2.37. The van der Waals surface area contributed by atoms with E-state index in [4.69, 9.17) is 4.74 Å². The van der Waals surface area contributed by atoms with Crippen LogP contribution < -0.4 is 0 Å². The van der Waals surface area contributed by atoms with Crippen molar-refractivity contribution < 1.29 is 9.84 Å². The standard InChI is InChI=1S/C14H26O2/c1-3-4-7-10-13(15)14(16-2)11-8-5-6-9-12-14/h3,13,15H,1,4-12H2,2H3. The van der Waals surface area contributed by atoms with Gasteiger partial charge in [-0.3, -0.25) is 0 Å². The molecular weight excluding hydrogens is 200 g/mol. The topological polar surface area (TPSA) is 29.5 Å². The summed E-state index contributed by atoms with van der Waals surface area (Å²) in [6, 6.07) is 0. The van der Waals surface area contributed by atoms with Gasteiger partial charge in [-0.15, -0.1) is 6.58 Å². The van der Waals surface area contributed by atoms with Crippen molar-refractivity contribution in [3.63, 3.8) is 0 Å². The summed E-state index contributed by atoms with van der Waals surface area (Å²) in [7, 11) is 1.75. The van der Waals surface area contributed by atoms with Gasteiger partial charge in [0.2, 0.25) is 0 Å². The first-order valence-electron chi connectivity index (χ1n) is 6.59. The quantitative estimate of drug-likeness (QED) is 0.427. The van der Waals surface area contributed by atoms with Crippen LogP contribution in [0.4, 0.5) is 0 Å². The van der Waals surface area contributed by atoms with E-state index in [0.717, 1.165) is 32.1 Å². The predicted octanol–water partition coefficient (Wildman–Crippen LogP) is 3.44. The van der Waals surface area contributed by atoms with Crippen LogP contribution in [0.15, 0.2) is 12.7 Å². The summed E-state index contributed by atoms with van der Waals surface area (Å²) < 4.78 is 5.68. The van der Waals surface area contributed by atoms with Gasteiger partial charge in [0, 0.05) is 7.11 Å². The number of ether oxygens (including phenoxy) is 1. The smallest absolute Gasteiger partial charge is 0.0936 e. The fourth-order valence-corrected chi connectivity index (χ4v) is 2.72. The second kappa shape index (κ2) is 7.08. The number of hydrogen-bond donors (Lipinski definition) is 1. The Labute approximate surface area is 99.7 Å². The number of unbranched alkanes of at least 4 members (excludes halogenated alkanes) is 1.